The number of carbonyl (C=O) groups excluding carboxylic acids is 1. The molecule has 158 valence electrons. The summed E-state index contributed by atoms with van der Waals surface area (Å²) >= 11 is 0. The van der Waals surface area contributed by atoms with Gasteiger partial charge in [-0.15, -0.1) is 5.10 Å². The van der Waals surface area contributed by atoms with Crippen LogP contribution in [-0.4, -0.2) is 75.1 Å². The number of likely N-dealkylation sites (N-methyl/N-ethyl adjacent to an activating group) is 1. The minimum absolute atomic E-state index is 0.165. The first-order valence-corrected chi connectivity index (χ1v) is 10.5. The number of fused-ring (bicyclic) bond motifs is 1. The van der Waals surface area contributed by atoms with Crippen LogP contribution in [0.5, 0.6) is 0 Å². The summed E-state index contributed by atoms with van der Waals surface area (Å²) in [5.41, 5.74) is 3.12. The Balaban J connectivity index is 1.33. The van der Waals surface area contributed by atoms with Gasteiger partial charge in [0.25, 0.3) is 11.7 Å². The molecule has 0 aliphatic carbocycles. The molecule has 1 aliphatic rings. The molecule has 3 aromatic rings. The summed E-state index contributed by atoms with van der Waals surface area (Å²) in [5.74, 6) is 0.370. The van der Waals surface area contributed by atoms with Gasteiger partial charge in [0.1, 0.15) is 0 Å². The largest absolute Gasteiger partial charge is 0.349 e. The molecular formula is C22H29N7O. The molecule has 8 heteroatoms. The predicted octanol–water partition coefficient (Wildman–Crippen LogP) is 1.85. The summed E-state index contributed by atoms with van der Waals surface area (Å²) in [5, 5.41) is 7.25. The molecular weight excluding hydrogens is 378 g/mol. The molecule has 3 heterocycles. The number of hydrogen-bond donors (Lipinski definition) is 1. The summed E-state index contributed by atoms with van der Waals surface area (Å²) in [6, 6.07) is 13.0. The number of rotatable bonds is 6. The van der Waals surface area contributed by atoms with Crippen molar-refractivity contribution >= 4 is 11.7 Å². The number of hydrogen-bond acceptors (Lipinski definition) is 6. The topological polar surface area (TPSA) is 78.7 Å². The number of aryl methyl sites for hydroxylation is 2. The molecule has 0 bridgehead atoms. The second-order valence-corrected chi connectivity index (χ2v) is 8.02. The molecule has 1 aromatic carbocycles. The van der Waals surface area contributed by atoms with Gasteiger partial charge in [-0.3, -0.25) is 9.69 Å². The Morgan fingerprint density at radius 1 is 1.17 bits per heavy atom. The summed E-state index contributed by atoms with van der Waals surface area (Å²) in [7, 11) is 2.17. The first-order valence-electron chi connectivity index (χ1n) is 10.5. The van der Waals surface area contributed by atoms with E-state index in [1.54, 1.807) is 4.52 Å². The fourth-order valence-electron chi connectivity index (χ4n) is 4.04. The molecule has 1 amide bonds. The van der Waals surface area contributed by atoms with Crippen LogP contribution in [0.4, 0.5) is 0 Å². The average molecular weight is 408 g/mol. The molecule has 8 nitrogen and oxygen atoms in total. The zero-order valence-corrected chi connectivity index (χ0v) is 17.9. The Bertz CT molecular complexity index is 1020. The molecule has 0 saturated carbocycles. The van der Waals surface area contributed by atoms with Gasteiger partial charge in [0.15, 0.2) is 0 Å². The van der Waals surface area contributed by atoms with Gasteiger partial charge in [-0.1, -0.05) is 30.3 Å². The van der Waals surface area contributed by atoms with E-state index >= 15 is 0 Å². The molecule has 1 fully saturated rings. The van der Waals surface area contributed by atoms with Crippen molar-refractivity contribution in [3.05, 3.63) is 59.2 Å². The third-order valence-electron chi connectivity index (χ3n) is 5.61. The lowest BCUT2D eigenvalue weighted by atomic mass is 10.0. The Kier molecular flexibility index (Phi) is 6.06. The second kappa shape index (κ2) is 8.89. The van der Waals surface area contributed by atoms with Crippen LogP contribution < -0.4 is 5.32 Å². The van der Waals surface area contributed by atoms with Gasteiger partial charge >= 0.3 is 0 Å². The third kappa shape index (κ3) is 4.49. The Hall–Kier alpha value is -2.84. The number of nitrogens with zero attached hydrogens (tertiary/aromatic N) is 6. The van der Waals surface area contributed by atoms with Gasteiger partial charge in [0.05, 0.1) is 0 Å². The quantitative estimate of drug-likeness (QED) is 0.629. The number of piperazine rings is 1. The second-order valence-electron chi connectivity index (χ2n) is 8.02. The van der Waals surface area contributed by atoms with Crippen molar-refractivity contribution in [3.8, 4) is 0 Å². The van der Waals surface area contributed by atoms with Crippen LogP contribution in [0.25, 0.3) is 5.78 Å². The maximum Gasteiger partial charge on any atom is 0.291 e. The van der Waals surface area contributed by atoms with E-state index in [4.69, 9.17) is 0 Å². The highest BCUT2D eigenvalue weighted by atomic mass is 16.2. The van der Waals surface area contributed by atoms with Crippen molar-refractivity contribution < 1.29 is 4.79 Å². The maximum atomic E-state index is 12.5. The highest BCUT2D eigenvalue weighted by molar-refractivity contribution is 5.90. The zero-order valence-electron chi connectivity index (χ0n) is 17.9. The van der Waals surface area contributed by atoms with Crippen molar-refractivity contribution in [1.29, 1.82) is 0 Å². The van der Waals surface area contributed by atoms with E-state index in [9.17, 15) is 4.79 Å². The van der Waals surface area contributed by atoms with Crippen molar-refractivity contribution in [2.75, 3.05) is 39.8 Å². The lowest BCUT2D eigenvalue weighted by molar-refractivity contribution is 0.0863. The van der Waals surface area contributed by atoms with Gasteiger partial charge in [-0.2, -0.15) is 4.98 Å². The van der Waals surface area contributed by atoms with Crippen LogP contribution in [0.2, 0.25) is 0 Å². The Morgan fingerprint density at radius 3 is 2.77 bits per heavy atom. The molecule has 0 spiro atoms. The van der Waals surface area contributed by atoms with Gasteiger partial charge in [0.2, 0.25) is 5.82 Å². The van der Waals surface area contributed by atoms with E-state index in [2.05, 4.69) is 67.6 Å². The normalized spacial score (nSPS) is 18.0. The molecule has 1 N–H and O–H groups in total. The van der Waals surface area contributed by atoms with Crippen LogP contribution in [-0.2, 0) is 0 Å². The molecule has 0 unspecified atom stereocenters. The van der Waals surface area contributed by atoms with Crippen molar-refractivity contribution in [1.82, 2.24) is 34.7 Å². The van der Waals surface area contributed by atoms with Crippen molar-refractivity contribution in [2.45, 2.75) is 26.3 Å². The molecule has 4 rings (SSSR count). The fourth-order valence-corrected chi connectivity index (χ4v) is 4.04. The van der Waals surface area contributed by atoms with E-state index in [-0.39, 0.29) is 11.7 Å². The number of aromatic nitrogens is 4. The number of benzene rings is 1. The van der Waals surface area contributed by atoms with Gasteiger partial charge in [-0.05, 0) is 38.9 Å². The maximum absolute atomic E-state index is 12.5. The van der Waals surface area contributed by atoms with Crippen LogP contribution in [0, 0.1) is 13.8 Å². The SMILES string of the molecule is Cc1cc(C)n2nc(C(=O)NCCCN3CCN(C)C[C@@H]3c3ccccc3)nc2n1. The summed E-state index contributed by atoms with van der Waals surface area (Å²) in [4.78, 5) is 26.0. The summed E-state index contributed by atoms with van der Waals surface area (Å²) < 4.78 is 1.61. The first-order chi connectivity index (χ1) is 14.5. The van der Waals surface area contributed by atoms with Crippen LogP contribution in [0.3, 0.4) is 0 Å². The number of nitrogens with one attached hydrogen (secondary N) is 1. The summed E-state index contributed by atoms with van der Waals surface area (Å²) in [6.45, 7) is 8.47. The summed E-state index contributed by atoms with van der Waals surface area (Å²) in [6.07, 6.45) is 0.878. The third-order valence-corrected chi connectivity index (χ3v) is 5.61. The van der Waals surface area contributed by atoms with E-state index in [0.29, 0.717) is 18.4 Å². The van der Waals surface area contributed by atoms with Gasteiger partial charge < -0.3 is 10.2 Å². The van der Waals surface area contributed by atoms with Crippen LogP contribution in [0.1, 0.15) is 40.0 Å². The minimum Gasteiger partial charge on any atom is -0.349 e. The molecule has 1 aliphatic heterocycles. The lowest BCUT2D eigenvalue weighted by Gasteiger charge is -2.40. The highest BCUT2D eigenvalue weighted by Gasteiger charge is 2.26. The average Bonchev–Trinajstić information content (AvgIpc) is 3.17. The standard InChI is InChI=1S/C22H29N7O/c1-16-14-17(2)29-22(24-16)25-20(26-29)21(30)23-10-7-11-28-13-12-27(3)15-19(28)18-8-5-4-6-9-18/h4-6,8-9,14,19H,7,10-13,15H2,1-3H3,(H,23,30)/t19-/m1/s1. The predicted molar refractivity (Wildman–Crippen MR) is 115 cm³/mol. The van der Waals surface area contributed by atoms with E-state index in [1.165, 1.54) is 5.56 Å². The Morgan fingerprint density at radius 2 is 1.97 bits per heavy atom. The van der Waals surface area contributed by atoms with Crippen molar-refractivity contribution in [3.63, 3.8) is 0 Å². The molecule has 1 saturated heterocycles. The van der Waals surface area contributed by atoms with Gasteiger partial charge in [-0.25, -0.2) is 9.50 Å². The smallest absolute Gasteiger partial charge is 0.291 e. The van der Waals surface area contributed by atoms with Crippen LogP contribution in [0.15, 0.2) is 36.4 Å². The monoisotopic (exact) mass is 407 g/mol. The lowest BCUT2D eigenvalue weighted by Crippen LogP contribution is -2.47. The number of carbonyl (C=O) groups is 1. The highest BCUT2D eigenvalue weighted by Crippen LogP contribution is 2.24. The van der Waals surface area contributed by atoms with Crippen LogP contribution >= 0.6 is 0 Å². The number of amides is 1. The molecule has 0 radical (unpaired) electrons. The minimum atomic E-state index is -0.254. The van der Waals surface area contributed by atoms with E-state index in [1.807, 2.05) is 19.9 Å². The van der Waals surface area contributed by atoms with Gasteiger partial charge in [0, 0.05) is 50.2 Å². The Labute approximate surface area is 176 Å². The fraction of sp³-hybridized carbons (Fsp3) is 0.455. The first kappa shape index (κ1) is 20.4. The zero-order chi connectivity index (χ0) is 21.1. The van der Waals surface area contributed by atoms with E-state index in [0.717, 1.165) is 44.0 Å². The van der Waals surface area contributed by atoms with Crippen molar-refractivity contribution in [2.24, 2.45) is 0 Å². The molecule has 1 atom stereocenters. The molecule has 30 heavy (non-hydrogen) atoms. The van der Waals surface area contributed by atoms with E-state index < -0.39 is 0 Å². The molecule has 2 aromatic heterocycles.